The van der Waals surface area contributed by atoms with Gasteiger partial charge in [0.15, 0.2) is 0 Å². The number of rotatable bonds is 3. The summed E-state index contributed by atoms with van der Waals surface area (Å²) in [6, 6.07) is 0. The van der Waals surface area contributed by atoms with E-state index in [0.717, 1.165) is 6.42 Å². The van der Waals surface area contributed by atoms with Crippen LogP contribution in [0.15, 0.2) is 17.2 Å². The van der Waals surface area contributed by atoms with Gasteiger partial charge in [0.05, 0.1) is 0 Å². The van der Waals surface area contributed by atoms with Gasteiger partial charge in [-0.3, -0.25) is 0 Å². The molecule has 0 nitrogen and oxygen atoms in total. The van der Waals surface area contributed by atoms with Gasteiger partial charge >= 0.3 is 18.6 Å². The summed E-state index contributed by atoms with van der Waals surface area (Å²) in [5, 5.41) is 0. The van der Waals surface area contributed by atoms with Crippen molar-refractivity contribution in [2.45, 2.75) is 39.5 Å². The second-order valence-electron chi connectivity index (χ2n) is 2.92. The summed E-state index contributed by atoms with van der Waals surface area (Å²) in [5.74, 6) is 0. The monoisotopic (exact) mass is 256 g/mol. The molecule has 0 heterocycles. The van der Waals surface area contributed by atoms with Crippen molar-refractivity contribution in [2.75, 3.05) is 0 Å². The predicted octanol–water partition coefficient (Wildman–Crippen LogP) is -2.74. The van der Waals surface area contributed by atoms with Crippen molar-refractivity contribution in [1.29, 1.82) is 0 Å². The van der Waals surface area contributed by atoms with Crippen LogP contribution in [0.3, 0.4) is 0 Å². The Balaban J connectivity index is -0.000000333. The number of allylic oxidation sites excluding steroid dienone is 4. The van der Waals surface area contributed by atoms with Gasteiger partial charge in [-0.15, -0.1) is 0 Å². The predicted molar refractivity (Wildman–Crippen MR) is 44.7 cm³/mol. The quantitative estimate of drug-likeness (QED) is 0.481. The summed E-state index contributed by atoms with van der Waals surface area (Å²) < 4.78 is 0. The Hall–Kier alpha value is 0.644. The molecule has 0 saturated carbocycles. The van der Waals surface area contributed by atoms with E-state index < -0.39 is 0 Å². The van der Waals surface area contributed by atoms with Gasteiger partial charge in [-0.1, -0.05) is 39.5 Å². The zero-order chi connectivity index (χ0) is 7.40. The summed E-state index contributed by atoms with van der Waals surface area (Å²) in [4.78, 5) is 0. The molecule has 0 aliphatic heterocycles. The molecule has 0 atom stereocenters. The molecule has 0 aromatic heterocycles. The molecule has 0 spiro atoms. The van der Waals surface area contributed by atoms with E-state index in [1.807, 2.05) is 0 Å². The molecule has 0 aromatic rings. The number of hydrogen-bond acceptors (Lipinski definition) is 0. The molecule has 0 bridgehead atoms. The minimum Gasteiger partial charge on any atom is -1.00 e. The van der Waals surface area contributed by atoms with E-state index in [9.17, 15) is 0 Å². The number of unbranched alkanes of at least 4 members (excludes halogenated alkanes) is 1. The molecule has 1 radical (unpaired) electrons. The first-order valence-corrected chi connectivity index (χ1v) is 4.11. The Morgan fingerprint density at radius 2 is 2.00 bits per heavy atom. The third-order valence-electron chi connectivity index (χ3n) is 1.86. The molecule has 1 aliphatic carbocycles. The first-order valence-electron chi connectivity index (χ1n) is 4.11. The number of hydrogen-bond donors (Lipinski definition) is 0. The maximum absolute atomic E-state index is 3.37. The van der Waals surface area contributed by atoms with E-state index in [4.69, 9.17) is 0 Å². The van der Waals surface area contributed by atoms with Crippen LogP contribution < -0.4 is 24.8 Å². The van der Waals surface area contributed by atoms with Gasteiger partial charge in [0.2, 0.25) is 0 Å². The molecule has 75 valence electrons. The van der Waals surface area contributed by atoms with E-state index in [1.165, 1.54) is 30.4 Å². The molecule has 13 heavy (non-hydrogen) atoms. The van der Waals surface area contributed by atoms with Crippen LogP contribution in [0.2, 0.25) is 0 Å². The molecule has 0 fully saturated rings. The van der Waals surface area contributed by atoms with Gasteiger partial charge in [-0.05, 0) is 0 Å². The molecule has 0 amide bonds. The molecule has 0 aromatic carbocycles. The van der Waals surface area contributed by atoms with Crippen molar-refractivity contribution < 1.29 is 43.4 Å². The first kappa shape index (κ1) is 19.3. The Morgan fingerprint density at radius 3 is 2.38 bits per heavy atom. The van der Waals surface area contributed by atoms with Crippen LogP contribution in [0.1, 0.15) is 39.5 Å². The zero-order valence-electron chi connectivity index (χ0n) is 8.11. The van der Waals surface area contributed by atoms with Gasteiger partial charge in [-0.2, -0.15) is 5.57 Å². The second-order valence-corrected chi connectivity index (χ2v) is 2.92. The van der Waals surface area contributed by atoms with Crippen molar-refractivity contribution in [3.8, 4) is 0 Å². The van der Waals surface area contributed by atoms with Gasteiger partial charge < -0.3 is 24.8 Å². The standard InChI is InChI=1S/C10H15.2ClH.V/c1-3-4-5-10-7-6-9(2)8-10;;;/h6H,3-5,7H2,1-2H3;2*1H;/q-1;;;+2/p-2. The SMILES string of the molecule is CCCCC1=[C-]C(C)=CC1.[Cl-].[Cl-].[V+2]. The van der Waals surface area contributed by atoms with Crippen LogP contribution in [0.4, 0.5) is 0 Å². The third-order valence-corrected chi connectivity index (χ3v) is 1.86. The fourth-order valence-corrected chi connectivity index (χ4v) is 1.21. The van der Waals surface area contributed by atoms with Crippen LogP contribution in [-0.2, 0) is 18.6 Å². The van der Waals surface area contributed by atoms with Crippen LogP contribution in [0.25, 0.3) is 0 Å². The smallest absolute Gasteiger partial charge is 1.00 e. The van der Waals surface area contributed by atoms with Crippen molar-refractivity contribution in [3.63, 3.8) is 0 Å². The Kier molecular flexibility index (Phi) is 15.9. The van der Waals surface area contributed by atoms with Gasteiger partial charge in [0.1, 0.15) is 0 Å². The summed E-state index contributed by atoms with van der Waals surface area (Å²) >= 11 is 0. The maximum Gasteiger partial charge on any atom is 2.00 e. The molecule has 3 heteroatoms. The first-order chi connectivity index (χ1) is 4.83. The fourth-order valence-electron chi connectivity index (χ4n) is 1.21. The van der Waals surface area contributed by atoms with Crippen LogP contribution in [-0.4, -0.2) is 0 Å². The average Bonchev–Trinajstić information content (AvgIpc) is 2.31. The minimum atomic E-state index is 0. The van der Waals surface area contributed by atoms with Crippen molar-refractivity contribution in [2.24, 2.45) is 0 Å². The topological polar surface area (TPSA) is 0 Å². The molecular formula is C10H15Cl2V-. The summed E-state index contributed by atoms with van der Waals surface area (Å²) in [5.41, 5.74) is 2.82. The van der Waals surface area contributed by atoms with E-state index in [0.29, 0.717) is 0 Å². The van der Waals surface area contributed by atoms with Crippen LogP contribution in [0, 0.1) is 6.08 Å². The van der Waals surface area contributed by atoms with Crippen molar-refractivity contribution in [3.05, 3.63) is 23.3 Å². The van der Waals surface area contributed by atoms with E-state index in [-0.39, 0.29) is 43.4 Å². The average molecular weight is 257 g/mol. The Bertz CT molecular complexity index is 174. The Morgan fingerprint density at radius 1 is 1.38 bits per heavy atom. The van der Waals surface area contributed by atoms with Crippen LogP contribution in [0.5, 0.6) is 0 Å². The summed E-state index contributed by atoms with van der Waals surface area (Å²) in [7, 11) is 0. The largest absolute Gasteiger partial charge is 2.00 e. The molecule has 0 saturated heterocycles. The van der Waals surface area contributed by atoms with Crippen molar-refractivity contribution >= 4 is 0 Å². The van der Waals surface area contributed by atoms with E-state index >= 15 is 0 Å². The maximum atomic E-state index is 3.37. The van der Waals surface area contributed by atoms with Gasteiger partial charge in [-0.25, -0.2) is 17.7 Å². The third kappa shape index (κ3) is 7.70. The van der Waals surface area contributed by atoms with E-state index in [1.54, 1.807) is 0 Å². The summed E-state index contributed by atoms with van der Waals surface area (Å²) in [6.07, 6.45) is 10.7. The Labute approximate surface area is 106 Å². The molecule has 1 aliphatic rings. The second kappa shape index (κ2) is 10.7. The molecule has 0 N–H and O–H groups in total. The summed E-state index contributed by atoms with van der Waals surface area (Å²) in [6.45, 7) is 4.36. The van der Waals surface area contributed by atoms with E-state index in [2.05, 4.69) is 26.0 Å². The minimum absolute atomic E-state index is 0. The molecular weight excluding hydrogens is 242 g/mol. The van der Waals surface area contributed by atoms with Crippen molar-refractivity contribution in [1.82, 2.24) is 0 Å². The van der Waals surface area contributed by atoms with Crippen LogP contribution >= 0.6 is 0 Å². The number of halogens is 2. The molecule has 1 rings (SSSR count). The van der Waals surface area contributed by atoms with Gasteiger partial charge in [0, 0.05) is 0 Å². The normalized spacial score (nSPS) is 13.1. The molecule has 0 unspecified atom stereocenters. The zero-order valence-corrected chi connectivity index (χ0v) is 11.0. The van der Waals surface area contributed by atoms with Gasteiger partial charge in [0.25, 0.3) is 0 Å². The fraction of sp³-hybridized carbons (Fsp3) is 0.600.